The zero-order valence-electron chi connectivity index (χ0n) is 16.8. The molecule has 3 aromatic carbocycles. The van der Waals surface area contributed by atoms with Gasteiger partial charge in [-0.3, -0.25) is 4.79 Å². The summed E-state index contributed by atoms with van der Waals surface area (Å²) in [6.07, 6.45) is 0. The molecular weight excluding hydrogens is 400 g/mol. The van der Waals surface area contributed by atoms with Crippen LogP contribution in [-0.4, -0.2) is 22.5 Å². The van der Waals surface area contributed by atoms with Crippen molar-refractivity contribution in [1.29, 1.82) is 0 Å². The third-order valence-electron chi connectivity index (χ3n) is 5.28. The Hall–Kier alpha value is -3.67. The molecule has 6 heteroatoms. The number of hydrogen-bond donors (Lipinski definition) is 1. The number of aryl methyl sites for hydroxylation is 1. The first-order valence-electron chi connectivity index (χ1n) is 9.84. The molecule has 0 unspecified atom stereocenters. The molecule has 1 heterocycles. The standard InChI is InChI=1S/C25H21F2NO3/c1-16-7-9-17(10-8-16)15-28-22(19-11-13-20(14-12-19)31-25(26)27)21(23(29)24(28)30)18-5-3-2-4-6-18/h2-14,22,25,29H,15H2,1H3/t22-/m1/s1. The maximum Gasteiger partial charge on any atom is 0.387 e. The molecule has 0 spiro atoms. The summed E-state index contributed by atoms with van der Waals surface area (Å²) in [5.74, 6) is -0.754. The third kappa shape index (κ3) is 4.28. The van der Waals surface area contributed by atoms with E-state index in [1.165, 1.54) is 12.1 Å². The fraction of sp³-hybridized carbons (Fsp3) is 0.160. The lowest BCUT2D eigenvalue weighted by Gasteiger charge is -2.27. The first-order chi connectivity index (χ1) is 14.9. The Labute approximate surface area is 179 Å². The number of alkyl halides is 2. The highest BCUT2D eigenvalue weighted by atomic mass is 19.3. The molecule has 0 aromatic heterocycles. The van der Waals surface area contributed by atoms with E-state index in [4.69, 9.17) is 0 Å². The number of ether oxygens (including phenoxy) is 1. The zero-order valence-corrected chi connectivity index (χ0v) is 16.8. The van der Waals surface area contributed by atoms with Gasteiger partial charge in [-0.05, 0) is 35.7 Å². The topological polar surface area (TPSA) is 49.8 Å². The van der Waals surface area contributed by atoms with Gasteiger partial charge in [0.2, 0.25) is 0 Å². The van der Waals surface area contributed by atoms with Crippen molar-refractivity contribution < 1.29 is 23.4 Å². The molecule has 4 rings (SSSR count). The van der Waals surface area contributed by atoms with Crippen molar-refractivity contribution in [3.05, 3.63) is 107 Å². The highest BCUT2D eigenvalue weighted by Crippen LogP contribution is 2.44. The van der Waals surface area contributed by atoms with E-state index in [0.717, 1.165) is 16.7 Å². The Bertz CT molecular complexity index is 1090. The van der Waals surface area contributed by atoms with Crippen molar-refractivity contribution in [2.75, 3.05) is 0 Å². The second-order valence-electron chi connectivity index (χ2n) is 7.40. The first kappa shape index (κ1) is 20.6. The normalized spacial score (nSPS) is 16.3. The lowest BCUT2D eigenvalue weighted by Crippen LogP contribution is -2.29. The van der Waals surface area contributed by atoms with Gasteiger partial charge in [-0.2, -0.15) is 8.78 Å². The Morgan fingerprint density at radius 3 is 2.23 bits per heavy atom. The maximum absolute atomic E-state index is 13.1. The number of rotatable bonds is 6. The van der Waals surface area contributed by atoms with Gasteiger partial charge in [0.25, 0.3) is 5.91 Å². The average Bonchev–Trinajstić information content (AvgIpc) is 3.01. The molecule has 4 nitrogen and oxygen atoms in total. The van der Waals surface area contributed by atoms with Crippen molar-refractivity contribution in [1.82, 2.24) is 4.90 Å². The number of hydrogen-bond acceptors (Lipinski definition) is 3. The SMILES string of the molecule is Cc1ccc(CN2C(=O)C(O)=C(c3ccccc3)[C@H]2c2ccc(OC(F)F)cc2)cc1. The second-order valence-corrected chi connectivity index (χ2v) is 7.40. The van der Waals surface area contributed by atoms with Crippen LogP contribution < -0.4 is 4.74 Å². The van der Waals surface area contributed by atoms with E-state index in [1.807, 2.05) is 61.5 Å². The maximum atomic E-state index is 13.1. The quantitative estimate of drug-likeness (QED) is 0.560. The van der Waals surface area contributed by atoms with Crippen molar-refractivity contribution in [3.8, 4) is 5.75 Å². The van der Waals surface area contributed by atoms with Crippen LogP contribution in [0.15, 0.2) is 84.6 Å². The van der Waals surface area contributed by atoms with E-state index in [0.29, 0.717) is 17.7 Å². The molecule has 0 bridgehead atoms. The number of benzene rings is 3. The van der Waals surface area contributed by atoms with Gasteiger partial charge < -0.3 is 14.7 Å². The minimum absolute atomic E-state index is 0.0302. The molecule has 0 saturated heterocycles. The zero-order chi connectivity index (χ0) is 22.0. The predicted molar refractivity (Wildman–Crippen MR) is 114 cm³/mol. The molecule has 0 saturated carbocycles. The van der Waals surface area contributed by atoms with Crippen LogP contribution in [-0.2, 0) is 11.3 Å². The summed E-state index contributed by atoms with van der Waals surface area (Å²) in [6, 6.07) is 22.6. The fourth-order valence-corrected chi connectivity index (χ4v) is 3.80. The van der Waals surface area contributed by atoms with Gasteiger partial charge in [0.15, 0.2) is 5.76 Å². The van der Waals surface area contributed by atoms with Crippen LogP contribution in [0.2, 0.25) is 0 Å². The third-order valence-corrected chi connectivity index (χ3v) is 5.28. The Balaban J connectivity index is 1.75. The molecule has 1 aliphatic rings. The van der Waals surface area contributed by atoms with E-state index in [1.54, 1.807) is 17.0 Å². The number of aliphatic hydroxyl groups is 1. The Kier molecular flexibility index (Phi) is 5.71. The summed E-state index contributed by atoms with van der Waals surface area (Å²) in [5.41, 5.74) is 3.92. The predicted octanol–water partition coefficient (Wildman–Crippen LogP) is 5.65. The van der Waals surface area contributed by atoms with Gasteiger partial charge in [-0.25, -0.2) is 0 Å². The number of amides is 1. The second kappa shape index (κ2) is 8.60. The smallest absolute Gasteiger partial charge is 0.387 e. The molecule has 1 aliphatic heterocycles. The molecule has 31 heavy (non-hydrogen) atoms. The van der Waals surface area contributed by atoms with E-state index >= 15 is 0 Å². The molecule has 1 amide bonds. The van der Waals surface area contributed by atoms with Gasteiger partial charge in [0.05, 0.1) is 6.04 Å². The highest BCUT2D eigenvalue weighted by Gasteiger charge is 2.40. The van der Waals surface area contributed by atoms with Crippen LogP contribution in [0.25, 0.3) is 5.57 Å². The summed E-state index contributed by atoms with van der Waals surface area (Å²) in [5, 5.41) is 10.8. The van der Waals surface area contributed by atoms with Crippen molar-refractivity contribution in [3.63, 3.8) is 0 Å². The van der Waals surface area contributed by atoms with Crippen LogP contribution in [0.5, 0.6) is 5.75 Å². The molecule has 3 aromatic rings. The largest absolute Gasteiger partial charge is 0.503 e. The van der Waals surface area contributed by atoms with E-state index in [9.17, 15) is 18.7 Å². The molecule has 1 atom stereocenters. The van der Waals surface area contributed by atoms with Gasteiger partial charge in [-0.1, -0.05) is 72.3 Å². The average molecular weight is 421 g/mol. The monoisotopic (exact) mass is 421 g/mol. The van der Waals surface area contributed by atoms with Crippen LogP contribution in [0.4, 0.5) is 8.78 Å². The lowest BCUT2D eigenvalue weighted by atomic mass is 9.93. The summed E-state index contributed by atoms with van der Waals surface area (Å²) >= 11 is 0. The molecule has 158 valence electrons. The molecule has 0 aliphatic carbocycles. The molecular formula is C25H21F2NO3. The summed E-state index contributed by atoms with van der Waals surface area (Å²) in [6.45, 7) is -0.641. The fourth-order valence-electron chi connectivity index (χ4n) is 3.80. The number of carbonyl (C=O) groups is 1. The number of nitrogens with zero attached hydrogens (tertiary/aromatic N) is 1. The van der Waals surface area contributed by atoms with Gasteiger partial charge in [0.1, 0.15) is 5.75 Å². The number of carbonyl (C=O) groups excluding carboxylic acids is 1. The van der Waals surface area contributed by atoms with Crippen molar-refractivity contribution >= 4 is 11.5 Å². The van der Waals surface area contributed by atoms with Crippen molar-refractivity contribution in [2.45, 2.75) is 26.1 Å². The number of aliphatic hydroxyl groups excluding tert-OH is 1. The van der Waals surface area contributed by atoms with E-state index < -0.39 is 18.6 Å². The molecule has 0 radical (unpaired) electrons. The van der Waals surface area contributed by atoms with Crippen LogP contribution in [0, 0.1) is 6.92 Å². The highest BCUT2D eigenvalue weighted by molar-refractivity contribution is 6.05. The first-order valence-corrected chi connectivity index (χ1v) is 9.84. The van der Waals surface area contributed by atoms with Gasteiger partial charge in [-0.15, -0.1) is 0 Å². The van der Waals surface area contributed by atoms with E-state index in [2.05, 4.69) is 4.74 Å². The molecule has 0 fully saturated rings. The van der Waals surface area contributed by atoms with Crippen molar-refractivity contribution in [2.24, 2.45) is 0 Å². The minimum atomic E-state index is -2.92. The summed E-state index contributed by atoms with van der Waals surface area (Å²) < 4.78 is 29.5. The molecule has 1 N–H and O–H groups in total. The Morgan fingerprint density at radius 1 is 0.968 bits per heavy atom. The Morgan fingerprint density at radius 2 is 1.61 bits per heavy atom. The summed E-state index contributed by atoms with van der Waals surface area (Å²) in [4.78, 5) is 14.6. The van der Waals surface area contributed by atoms with Crippen LogP contribution in [0.1, 0.15) is 28.3 Å². The van der Waals surface area contributed by atoms with E-state index in [-0.39, 0.29) is 11.5 Å². The minimum Gasteiger partial charge on any atom is -0.503 e. The van der Waals surface area contributed by atoms with Crippen LogP contribution in [0.3, 0.4) is 0 Å². The lowest BCUT2D eigenvalue weighted by molar-refractivity contribution is -0.130. The van der Waals surface area contributed by atoms with Gasteiger partial charge >= 0.3 is 6.61 Å². The van der Waals surface area contributed by atoms with Crippen LogP contribution >= 0.6 is 0 Å². The summed E-state index contributed by atoms with van der Waals surface area (Å²) in [7, 11) is 0. The van der Waals surface area contributed by atoms with Gasteiger partial charge in [0, 0.05) is 12.1 Å². The number of halogens is 2.